The van der Waals surface area contributed by atoms with Crippen LogP contribution in [0.3, 0.4) is 0 Å². The molecule has 0 amide bonds. The van der Waals surface area contributed by atoms with Gasteiger partial charge in [0.1, 0.15) is 0 Å². The Morgan fingerprint density at radius 3 is 1.32 bits per heavy atom. The first-order valence-electron chi connectivity index (χ1n) is 8.16. The minimum absolute atomic E-state index is 0. The third-order valence-corrected chi connectivity index (χ3v) is 2.83. The number of allylic oxidation sites excluding steroid dienone is 2. The molecule has 1 aromatic rings. The maximum absolute atomic E-state index is 2.20. The van der Waals surface area contributed by atoms with E-state index in [1.165, 1.54) is 11.1 Å². The molecular formula is C22H46. The van der Waals surface area contributed by atoms with Gasteiger partial charge in [0.15, 0.2) is 0 Å². The summed E-state index contributed by atoms with van der Waals surface area (Å²) in [6.45, 7) is 21.1. The number of hydrogen-bond donors (Lipinski definition) is 0. The van der Waals surface area contributed by atoms with Crippen molar-refractivity contribution in [2.45, 2.75) is 90.0 Å². The Kier molecular flexibility index (Phi) is 37.2. The Balaban J connectivity index is -0.0000000676. The molecule has 0 aliphatic heterocycles. The third kappa shape index (κ3) is 21.3. The molecule has 0 aromatic heterocycles. The Morgan fingerprint density at radius 1 is 0.818 bits per heavy atom. The van der Waals surface area contributed by atoms with Crippen LogP contribution in [-0.4, -0.2) is 0 Å². The zero-order valence-electron chi connectivity index (χ0n) is 15.6. The van der Waals surface area contributed by atoms with Crippen molar-refractivity contribution in [1.29, 1.82) is 0 Å². The van der Waals surface area contributed by atoms with Crippen LogP contribution in [0.25, 0.3) is 0 Å². The van der Waals surface area contributed by atoms with E-state index in [0.717, 1.165) is 5.92 Å². The van der Waals surface area contributed by atoms with E-state index in [9.17, 15) is 0 Å². The fourth-order valence-electron chi connectivity index (χ4n) is 1.17. The molecule has 0 atom stereocenters. The van der Waals surface area contributed by atoms with Gasteiger partial charge in [0.2, 0.25) is 0 Å². The van der Waals surface area contributed by atoms with Crippen molar-refractivity contribution in [3.05, 3.63) is 47.5 Å². The lowest BCUT2D eigenvalue weighted by atomic mass is 10.0. The summed E-state index contributed by atoms with van der Waals surface area (Å²) in [5, 5.41) is 0. The molecule has 1 rings (SSSR count). The first kappa shape index (κ1) is 32.8. The van der Waals surface area contributed by atoms with Crippen LogP contribution in [0.15, 0.2) is 42.0 Å². The molecule has 0 saturated carbocycles. The van der Waals surface area contributed by atoms with Gasteiger partial charge in [0.05, 0.1) is 0 Å². The minimum Gasteiger partial charge on any atom is -0.0885 e. The van der Waals surface area contributed by atoms with Crippen molar-refractivity contribution in [2.75, 3.05) is 0 Å². The van der Waals surface area contributed by atoms with Crippen LogP contribution >= 0.6 is 0 Å². The number of rotatable bonds is 2. The van der Waals surface area contributed by atoms with Gasteiger partial charge in [-0.25, -0.2) is 0 Å². The van der Waals surface area contributed by atoms with E-state index in [2.05, 4.69) is 71.9 Å². The molecule has 0 aliphatic rings. The van der Waals surface area contributed by atoms with Gasteiger partial charge in [-0.1, -0.05) is 112 Å². The highest BCUT2D eigenvalue weighted by atomic mass is 14.0. The van der Waals surface area contributed by atoms with Gasteiger partial charge in [-0.2, -0.15) is 0 Å². The van der Waals surface area contributed by atoms with E-state index in [-0.39, 0.29) is 14.9 Å². The highest BCUT2D eigenvalue weighted by Gasteiger charge is 1.93. The summed E-state index contributed by atoms with van der Waals surface area (Å²) in [6.07, 6.45) is 2.16. The van der Waals surface area contributed by atoms with Gasteiger partial charge in [0, 0.05) is 0 Å². The maximum Gasteiger partial charge on any atom is -0.0219 e. The van der Waals surface area contributed by atoms with Crippen molar-refractivity contribution in [3.8, 4) is 0 Å². The molecule has 0 heterocycles. The molecule has 0 bridgehead atoms. The summed E-state index contributed by atoms with van der Waals surface area (Å²) in [6, 6.07) is 10.5. The van der Waals surface area contributed by atoms with Crippen LogP contribution in [0.5, 0.6) is 0 Å². The van der Waals surface area contributed by atoms with E-state index in [0.29, 0.717) is 5.92 Å². The topological polar surface area (TPSA) is 0 Å². The minimum atomic E-state index is 0. The van der Waals surface area contributed by atoms with E-state index in [4.69, 9.17) is 0 Å². The van der Waals surface area contributed by atoms with Crippen LogP contribution in [0, 0.1) is 5.92 Å². The standard InChI is InChI=1S/C9H12.C7H14.2C2H6.2CH4/c1-8(2)9-6-4-3-5-7-9;1-5-7(4)6(2)3;2*1-2;;/h3-8H,1-2H3;5-6H,1-4H3;2*1-2H3;2*1H4/b;7-5+;;;;. The molecule has 0 radical (unpaired) electrons. The van der Waals surface area contributed by atoms with Crippen LogP contribution in [0.4, 0.5) is 0 Å². The van der Waals surface area contributed by atoms with E-state index in [1.807, 2.05) is 33.8 Å². The first-order chi connectivity index (χ1) is 9.49. The van der Waals surface area contributed by atoms with Crippen LogP contribution in [0.2, 0.25) is 0 Å². The molecular weight excluding hydrogens is 264 g/mol. The van der Waals surface area contributed by atoms with Crippen molar-refractivity contribution in [3.63, 3.8) is 0 Å². The second kappa shape index (κ2) is 24.9. The summed E-state index contributed by atoms with van der Waals surface area (Å²) < 4.78 is 0. The van der Waals surface area contributed by atoms with Gasteiger partial charge >= 0.3 is 0 Å². The Labute approximate surface area is 144 Å². The maximum atomic E-state index is 2.20. The highest BCUT2D eigenvalue weighted by Crippen LogP contribution is 2.11. The summed E-state index contributed by atoms with van der Waals surface area (Å²) >= 11 is 0. The van der Waals surface area contributed by atoms with E-state index >= 15 is 0 Å². The number of hydrogen-bond acceptors (Lipinski definition) is 0. The molecule has 0 nitrogen and oxygen atoms in total. The van der Waals surface area contributed by atoms with Gasteiger partial charge < -0.3 is 0 Å². The van der Waals surface area contributed by atoms with Crippen molar-refractivity contribution >= 4 is 0 Å². The Morgan fingerprint density at radius 2 is 1.18 bits per heavy atom. The van der Waals surface area contributed by atoms with Gasteiger partial charge in [-0.15, -0.1) is 0 Å². The molecule has 0 heteroatoms. The molecule has 0 spiro atoms. The summed E-state index contributed by atoms with van der Waals surface area (Å²) in [7, 11) is 0. The van der Waals surface area contributed by atoms with Crippen molar-refractivity contribution in [2.24, 2.45) is 5.92 Å². The Bertz CT molecular complexity index is 291. The largest absolute Gasteiger partial charge is 0.0885 e. The average molecular weight is 311 g/mol. The monoisotopic (exact) mass is 310 g/mol. The van der Waals surface area contributed by atoms with E-state index < -0.39 is 0 Å². The second-order valence-electron chi connectivity index (χ2n) is 4.75. The molecule has 0 N–H and O–H groups in total. The van der Waals surface area contributed by atoms with Gasteiger partial charge in [-0.3, -0.25) is 0 Å². The predicted molar refractivity (Wildman–Crippen MR) is 111 cm³/mol. The summed E-state index contributed by atoms with van der Waals surface area (Å²) in [5.74, 6) is 1.39. The average Bonchev–Trinajstić information content (AvgIpc) is 2.51. The van der Waals surface area contributed by atoms with Crippen LogP contribution < -0.4 is 0 Å². The quantitative estimate of drug-likeness (QED) is 0.479. The lowest BCUT2D eigenvalue weighted by Gasteiger charge is -2.01. The lowest BCUT2D eigenvalue weighted by molar-refractivity contribution is 0.767. The zero-order chi connectivity index (χ0) is 16.6. The van der Waals surface area contributed by atoms with Gasteiger partial charge in [0.25, 0.3) is 0 Å². The second-order valence-corrected chi connectivity index (χ2v) is 4.75. The summed E-state index contributed by atoms with van der Waals surface area (Å²) in [5.41, 5.74) is 2.89. The SMILES string of the molecule is C.C.C/C=C(\C)C(C)C.CC.CC.CC(C)c1ccccc1. The number of benzene rings is 1. The molecule has 0 unspecified atom stereocenters. The Hall–Kier alpha value is -1.04. The van der Waals surface area contributed by atoms with Crippen LogP contribution in [0.1, 0.15) is 95.6 Å². The van der Waals surface area contributed by atoms with Crippen LogP contribution in [-0.2, 0) is 0 Å². The fraction of sp³-hybridized carbons (Fsp3) is 0.636. The normalized spacial score (nSPS) is 8.82. The molecule has 0 fully saturated rings. The first-order valence-corrected chi connectivity index (χ1v) is 8.16. The lowest BCUT2D eigenvalue weighted by Crippen LogP contribution is -1.85. The highest BCUT2D eigenvalue weighted by molar-refractivity contribution is 5.17. The van der Waals surface area contributed by atoms with Crippen molar-refractivity contribution < 1.29 is 0 Å². The molecule has 22 heavy (non-hydrogen) atoms. The smallest absolute Gasteiger partial charge is 0.0219 e. The van der Waals surface area contributed by atoms with Crippen molar-refractivity contribution in [1.82, 2.24) is 0 Å². The van der Waals surface area contributed by atoms with E-state index in [1.54, 1.807) is 0 Å². The molecule has 0 saturated heterocycles. The third-order valence-electron chi connectivity index (χ3n) is 2.83. The van der Waals surface area contributed by atoms with Gasteiger partial charge in [-0.05, 0) is 31.2 Å². The molecule has 1 aromatic carbocycles. The zero-order valence-corrected chi connectivity index (χ0v) is 15.6. The summed E-state index contributed by atoms with van der Waals surface area (Å²) in [4.78, 5) is 0. The molecule has 134 valence electrons. The predicted octanol–water partition coefficient (Wildman–Crippen LogP) is 8.74. The molecule has 0 aliphatic carbocycles. The fourth-order valence-corrected chi connectivity index (χ4v) is 1.17.